The molecule has 11 heteroatoms. The minimum atomic E-state index is 0. The Bertz CT molecular complexity index is 490. The molecule has 78 valence electrons. The second-order valence-electron chi connectivity index (χ2n) is 1.85. The third-order valence-electron chi connectivity index (χ3n) is 0.904. The molecule has 2 aromatic heterocycles. The first-order chi connectivity index (χ1) is 6.58. The second kappa shape index (κ2) is 7.83. The van der Waals surface area contributed by atoms with Gasteiger partial charge in [-0.05, 0) is 48.9 Å². The van der Waals surface area contributed by atoms with E-state index in [1.165, 1.54) is 22.7 Å². The van der Waals surface area contributed by atoms with Crippen LogP contribution in [0.1, 0.15) is 0 Å². The van der Waals surface area contributed by atoms with Crippen LogP contribution < -0.4 is 0 Å². The van der Waals surface area contributed by atoms with Crippen LogP contribution in [0, 0.1) is 15.8 Å². The number of hydrogen-bond acceptors (Lipinski definition) is 6. The first-order valence-corrected chi connectivity index (χ1v) is 6.40. The van der Waals surface area contributed by atoms with Crippen molar-refractivity contribution in [2.24, 2.45) is 0 Å². The summed E-state index contributed by atoms with van der Waals surface area (Å²) in [5.41, 5.74) is 0. The Balaban J connectivity index is 0.000000245. The van der Waals surface area contributed by atoms with Crippen LogP contribution >= 0.6 is 71.5 Å². The molecule has 0 bridgehead atoms. The van der Waals surface area contributed by atoms with Crippen LogP contribution in [0.2, 0.25) is 0 Å². The van der Waals surface area contributed by atoms with Crippen LogP contribution in [0.15, 0.2) is 0 Å². The Kier molecular flexibility index (Phi) is 8.15. The summed E-state index contributed by atoms with van der Waals surface area (Å²) in [4.78, 5) is 0. The molecule has 0 unspecified atom stereocenters. The fourth-order valence-corrected chi connectivity index (χ4v) is 2.74. The molecule has 2 rings (SSSR count). The molecule has 0 aliphatic heterocycles. The van der Waals surface area contributed by atoms with E-state index in [0.29, 0.717) is 15.8 Å². The third kappa shape index (κ3) is 6.72. The number of nitrogens with one attached hydrogen (secondary N) is 4. The Hall–Kier alpha value is 0.623. The molecule has 2 aromatic rings. The molecule has 15 heavy (non-hydrogen) atoms. The molecule has 4 N–H and O–H groups in total. The third-order valence-corrected chi connectivity index (χ3v) is 3.46. The van der Waals surface area contributed by atoms with Gasteiger partial charge in [0.1, 0.15) is 0 Å². The van der Waals surface area contributed by atoms with Gasteiger partial charge < -0.3 is 0 Å². The van der Waals surface area contributed by atoms with E-state index in [2.05, 4.69) is 20.4 Å². The number of hydrogen-bond donors (Lipinski definition) is 4. The summed E-state index contributed by atoms with van der Waals surface area (Å²) in [7, 11) is 0. The van der Waals surface area contributed by atoms with Gasteiger partial charge in [-0.15, -0.1) is 0 Å². The molecule has 0 saturated carbocycles. The van der Waals surface area contributed by atoms with Crippen LogP contribution in [0.3, 0.4) is 0 Å². The zero-order valence-electron chi connectivity index (χ0n) is 7.16. The van der Waals surface area contributed by atoms with Crippen LogP contribution in [-0.2, 0) is 19.5 Å². The van der Waals surface area contributed by atoms with Gasteiger partial charge in [0.05, 0.1) is 0 Å². The summed E-state index contributed by atoms with van der Waals surface area (Å²) in [6.07, 6.45) is 0. The van der Waals surface area contributed by atoms with E-state index < -0.39 is 0 Å². The molecule has 2 heterocycles. The molecule has 0 aliphatic rings. The smallest absolute Gasteiger partial charge is 0.175 e. The predicted molar refractivity (Wildman–Crippen MR) is 69.4 cm³/mol. The fourth-order valence-electron chi connectivity index (χ4n) is 0.475. The molecule has 0 aliphatic carbocycles. The zero-order chi connectivity index (χ0) is 10.6. The van der Waals surface area contributed by atoms with E-state index in [4.69, 9.17) is 48.9 Å². The summed E-state index contributed by atoms with van der Waals surface area (Å²) in [6, 6.07) is 0. The van der Waals surface area contributed by atoms with Gasteiger partial charge in [-0.3, -0.25) is 20.4 Å². The van der Waals surface area contributed by atoms with E-state index in [-0.39, 0.29) is 19.5 Å². The van der Waals surface area contributed by atoms with Gasteiger partial charge in [-0.2, -0.15) is 0 Å². The Morgan fingerprint density at radius 2 is 0.800 bits per heavy atom. The standard InChI is InChI=1S/2C2H2N2S3.Zn/c2*5-1-3-4-2(6)7-1;/h2*(H,3,5)(H,4,6);. The molecule has 4 nitrogen and oxygen atoms in total. The zero-order valence-corrected chi connectivity index (χ0v) is 15.0. The normalized spacial score (nSPS) is 8.53. The molecule has 0 saturated heterocycles. The number of H-pyrrole nitrogens is 4. The van der Waals surface area contributed by atoms with Crippen LogP contribution in [0.5, 0.6) is 0 Å². The van der Waals surface area contributed by atoms with Crippen molar-refractivity contribution < 1.29 is 19.5 Å². The summed E-state index contributed by atoms with van der Waals surface area (Å²) in [6.45, 7) is 0. The van der Waals surface area contributed by atoms with Gasteiger partial charge in [0.15, 0.2) is 15.8 Å². The van der Waals surface area contributed by atoms with Crippen molar-refractivity contribution in [1.82, 2.24) is 20.4 Å². The largest absolute Gasteiger partial charge is 0.281 e. The Morgan fingerprint density at radius 3 is 0.867 bits per heavy atom. The van der Waals surface area contributed by atoms with Crippen molar-refractivity contribution in [3.05, 3.63) is 15.8 Å². The minimum absolute atomic E-state index is 0. The van der Waals surface area contributed by atoms with Gasteiger partial charge in [0, 0.05) is 19.5 Å². The molecule has 0 radical (unpaired) electrons. The monoisotopic (exact) mass is 364 g/mol. The average molecular weight is 366 g/mol. The minimum Gasteiger partial charge on any atom is -0.281 e. The van der Waals surface area contributed by atoms with E-state index >= 15 is 0 Å². The van der Waals surface area contributed by atoms with Crippen molar-refractivity contribution >= 4 is 71.5 Å². The first-order valence-electron chi connectivity index (χ1n) is 3.13. The van der Waals surface area contributed by atoms with Gasteiger partial charge in [-0.1, -0.05) is 22.7 Å². The molecular weight excluding hydrogens is 362 g/mol. The van der Waals surface area contributed by atoms with Crippen molar-refractivity contribution in [2.75, 3.05) is 0 Å². The summed E-state index contributed by atoms with van der Waals surface area (Å²) in [5.74, 6) is 0. The second-order valence-corrected chi connectivity index (χ2v) is 6.56. The molecule has 0 amide bonds. The summed E-state index contributed by atoms with van der Waals surface area (Å²) in [5, 5.41) is 10.7. The average Bonchev–Trinajstić information content (AvgIpc) is 2.63. The van der Waals surface area contributed by atoms with Gasteiger partial charge in [-0.25, -0.2) is 0 Å². The van der Waals surface area contributed by atoms with Crippen molar-refractivity contribution in [2.45, 2.75) is 0 Å². The van der Waals surface area contributed by atoms with Gasteiger partial charge in [0.2, 0.25) is 0 Å². The number of aromatic nitrogens is 4. The summed E-state index contributed by atoms with van der Waals surface area (Å²) < 4.78 is 2.80. The molecular formula is C4H4N4S6Zn. The van der Waals surface area contributed by atoms with Crippen molar-refractivity contribution in [1.29, 1.82) is 0 Å². The Labute approximate surface area is 126 Å². The fraction of sp³-hybridized carbons (Fsp3) is 0. The van der Waals surface area contributed by atoms with Crippen LogP contribution in [0.25, 0.3) is 0 Å². The Morgan fingerprint density at radius 1 is 0.600 bits per heavy atom. The predicted octanol–water partition coefficient (Wildman–Crippen LogP) is 3.72. The van der Waals surface area contributed by atoms with Gasteiger partial charge >= 0.3 is 0 Å². The first kappa shape index (κ1) is 15.6. The van der Waals surface area contributed by atoms with Gasteiger partial charge in [0.25, 0.3) is 0 Å². The SMILES string of the molecule is S=c1[nH][nH]c(=S)s1.S=c1[nH][nH]c(=S)s1.[Zn]. The van der Waals surface area contributed by atoms with E-state index in [1.807, 2.05) is 0 Å². The summed E-state index contributed by atoms with van der Waals surface area (Å²) >= 11 is 21.5. The maximum absolute atomic E-state index is 4.70. The van der Waals surface area contributed by atoms with Crippen LogP contribution in [-0.4, -0.2) is 20.4 Å². The molecule has 0 aromatic carbocycles. The topological polar surface area (TPSA) is 63.2 Å². The maximum atomic E-state index is 4.70. The molecule has 0 atom stereocenters. The number of rotatable bonds is 0. The van der Waals surface area contributed by atoms with E-state index in [1.54, 1.807) is 0 Å². The van der Waals surface area contributed by atoms with Crippen LogP contribution in [0.4, 0.5) is 0 Å². The van der Waals surface area contributed by atoms with Crippen molar-refractivity contribution in [3.63, 3.8) is 0 Å². The van der Waals surface area contributed by atoms with Crippen molar-refractivity contribution in [3.8, 4) is 0 Å². The maximum Gasteiger partial charge on any atom is 0.175 e. The quantitative estimate of drug-likeness (QED) is 0.424. The molecule has 0 fully saturated rings. The van der Waals surface area contributed by atoms with E-state index in [9.17, 15) is 0 Å². The van der Waals surface area contributed by atoms with E-state index in [0.717, 1.165) is 0 Å². The molecule has 0 spiro atoms. The number of aromatic amines is 4.